The number of nitrogens with zero attached hydrogens (tertiary/aromatic N) is 2. The summed E-state index contributed by atoms with van der Waals surface area (Å²) in [6, 6.07) is 15.6. The molecule has 0 atom stereocenters. The monoisotopic (exact) mass is 408 g/mol. The molecule has 2 aromatic heterocycles. The first kappa shape index (κ1) is 20.9. The van der Waals surface area contributed by atoms with Crippen LogP contribution in [-0.2, 0) is 11.2 Å². The number of Topliss-reactive ketones (excluding diaryl/α,β-unsaturated/α-hetero) is 1. The first-order valence-corrected chi connectivity index (χ1v) is 10.6. The summed E-state index contributed by atoms with van der Waals surface area (Å²) < 4.78 is 4.70. The summed E-state index contributed by atoms with van der Waals surface area (Å²) >= 11 is 1.31. The number of esters is 1. The molecule has 0 bridgehead atoms. The van der Waals surface area contributed by atoms with Crippen molar-refractivity contribution in [1.29, 1.82) is 0 Å². The lowest BCUT2D eigenvalue weighted by molar-refractivity contribution is 0.0594. The van der Waals surface area contributed by atoms with Crippen LogP contribution in [0.1, 0.15) is 58.0 Å². The van der Waals surface area contributed by atoms with E-state index in [2.05, 4.69) is 34.2 Å². The Morgan fingerprint density at radius 3 is 2.55 bits per heavy atom. The molecule has 0 radical (unpaired) electrons. The largest absolute Gasteiger partial charge is 0.464 e. The number of carbonyl (C=O) groups excluding carboxylic acids is 2. The molecule has 0 aliphatic heterocycles. The van der Waals surface area contributed by atoms with E-state index in [1.54, 1.807) is 24.4 Å². The third-order valence-electron chi connectivity index (χ3n) is 4.60. The highest BCUT2D eigenvalue weighted by atomic mass is 32.1. The molecule has 2 heterocycles. The highest BCUT2D eigenvalue weighted by molar-refractivity contribution is 7.16. The van der Waals surface area contributed by atoms with Crippen LogP contribution in [-0.4, -0.2) is 28.8 Å². The number of hydrogen-bond donors (Lipinski definition) is 0. The maximum atomic E-state index is 12.4. The predicted octanol–water partition coefficient (Wildman–Crippen LogP) is 5.37. The van der Waals surface area contributed by atoms with Crippen LogP contribution in [0.4, 0.5) is 0 Å². The molecule has 0 amide bonds. The van der Waals surface area contributed by atoms with Crippen molar-refractivity contribution >= 4 is 23.1 Å². The van der Waals surface area contributed by atoms with Crippen LogP contribution in [0.5, 0.6) is 0 Å². The lowest BCUT2D eigenvalue weighted by atomic mass is 10.0. The van der Waals surface area contributed by atoms with Crippen molar-refractivity contribution in [2.45, 2.75) is 38.5 Å². The smallest absolute Gasteiger partial charge is 0.356 e. The summed E-state index contributed by atoms with van der Waals surface area (Å²) in [7, 11) is 1.32. The van der Waals surface area contributed by atoms with Gasteiger partial charge in [0, 0.05) is 12.6 Å². The van der Waals surface area contributed by atoms with Gasteiger partial charge < -0.3 is 4.74 Å². The summed E-state index contributed by atoms with van der Waals surface area (Å²) in [5.41, 5.74) is 2.22. The van der Waals surface area contributed by atoms with E-state index >= 15 is 0 Å². The fourth-order valence-electron chi connectivity index (χ4n) is 3.03. The van der Waals surface area contributed by atoms with Gasteiger partial charge in [0.25, 0.3) is 0 Å². The molecule has 29 heavy (non-hydrogen) atoms. The number of unbranched alkanes of at least 4 members (excludes halogenated alkanes) is 3. The Hall–Kier alpha value is -2.86. The topological polar surface area (TPSA) is 69.2 Å². The maximum Gasteiger partial charge on any atom is 0.356 e. The van der Waals surface area contributed by atoms with E-state index in [1.165, 1.54) is 24.0 Å². The predicted molar refractivity (Wildman–Crippen MR) is 114 cm³/mol. The Kier molecular flexibility index (Phi) is 7.64. The summed E-state index contributed by atoms with van der Waals surface area (Å²) in [4.78, 5) is 33.4. The van der Waals surface area contributed by atoms with Gasteiger partial charge in [0.2, 0.25) is 0 Å². The van der Waals surface area contributed by atoms with Gasteiger partial charge in [-0.3, -0.25) is 4.79 Å². The molecule has 0 saturated carbocycles. The highest BCUT2D eigenvalue weighted by Gasteiger charge is 2.14. The molecule has 0 aliphatic rings. The fourth-order valence-corrected chi connectivity index (χ4v) is 3.88. The molecule has 6 heteroatoms. The van der Waals surface area contributed by atoms with Gasteiger partial charge in [-0.2, -0.15) is 0 Å². The van der Waals surface area contributed by atoms with Crippen LogP contribution in [0.2, 0.25) is 0 Å². The van der Waals surface area contributed by atoms with Crippen molar-refractivity contribution in [3.63, 3.8) is 0 Å². The lowest BCUT2D eigenvalue weighted by Crippen LogP contribution is -2.04. The lowest BCUT2D eigenvalue weighted by Gasteiger charge is -2.02. The maximum absolute atomic E-state index is 12.4. The van der Waals surface area contributed by atoms with E-state index in [1.807, 2.05) is 6.07 Å². The standard InChI is InChI=1S/C23H24N2O3S/c1-28-23(27)19-14-9-13-18(25-19)21-16-24-22(29-21)20(26)15-8-3-2-5-10-17-11-6-4-7-12-17/h4,6-7,9,11-14,16H,2-3,5,8,10,15H2,1H3. The number of ether oxygens (including phenoxy) is 1. The van der Waals surface area contributed by atoms with Gasteiger partial charge in [-0.05, 0) is 37.0 Å². The molecular weight excluding hydrogens is 384 g/mol. The Bertz CT molecular complexity index is 954. The second-order valence-corrected chi connectivity index (χ2v) is 7.78. The second kappa shape index (κ2) is 10.6. The van der Waals surface area contributed by atoms with Crippen LogP contribution in [0.3, 0.4) is 0 Å². The average Bonchev–Trinajstić information content (AvgIpc) is 3.27. The molecule has 3 rings (SSSR count). The number of ketones is 1. The van der Waals surface area contributed by atoms with E-state index in [-0.39, 0.29) is 11.5 Å². The number of benzene rings is 1. The quantitative estimate of drug-likeness (QED) is 0.256. The average molecular weight is 409 g/mol. The molecule has 1 aromatic carbocycles. The number of hydrogen-bond acceptors (Lipinski definition) is 6. The third-order valence-corrected chi connectivity index (χ3v) is 5.66. The van der Waals surface area contributed by atoms with Crippen LogP contribution < -0.4 is 0 Å². The van der Waals surface area contributed by atoms with Gasteiger partial charge in [0.05, 0.1) is 17.7 Å². The molecule has 0 aliphatic carbocycles. The van der Waals surface area contributed by atoms with Gasteiger partial charge in [-0.1, -0.05) is 49.2 Å². The van der Waals surface area contributed by atoms with Gasteiger partial charge in [-0.15, -0.1) is 11.3 Å². The van der Waals surface area contributed by atoms with E-state index in [4.69, 9.17) is 4.74 Å². The van der Waals surface area contributed by atoms with Crippen LogP contribution in [0.15, 0.2) is 54.7 Å². The number of methoxy groups -OCH3 is 1. The van der Waals surface area contributed by atoms with Crippen LogP contribution >= 0.6 is 11.3 Å². The molecule has 5 nitrogen and oxygen atoms in total. The number of aryl methyl sites for hydroxylation is 1. The first-order valence-electron chi connectivity index (χ1n) is 9.76. The summed E-state index contributed by atoms with van der Waals surface area (Å²) in [5, 5.41) is 0.495. The number of carbonyl (C=O) groups is 2. The summed E-state index contributed by atoms with van der Waals surface area (Å²) in [6.45, 7) is 0. The SMILES string of the molecule is COC(=O)c1cccc(-c2cnc(C(=O)CCCCCCc3ccccc3)s2)n1. The van der Waals surface area contributed by atoms with Crippen LogP contribution in [0, 0.1) is 0 Å². The Balaban J connectivity index is 1.45. The van der Waals surface area contributed by atoms with Gasteiger partial charge in [-0.25, -0.2) is 14.8 Å². The molecule has 3 aromatic rings. The fraction of sp³-hybridized carbons (Fsp3) is 0.304. The van der Waals surface area contributed by atoms with E-state index < -0.39 is 5.97 Å². The molecule has 0 unspecified atom stereocenters. The van der Waals surface area contributed by atoms with Gasteiger partial charge in [0.1, 0.15) is 5.69 Å². The Morgan fingerprint density at radius 1 is 0.966 bits per heavy atom. The van der Waals surface area contributed by atoms with Crippen molar-refractivity contribution in [3.8, 4) is 10.6 Å². The van der Waals surface area contributed by atoms with Crippen molar-refractivity contribution in [2.75, 3.05) is 7.11 Å². The van der Waals surface area contributed by atoms with Crippen LogP contribution in [0.25, 0.3) is 10.6 Å². The number of pyridine rings is 1. The minimum atomic E-state index is -0.486. The first-order chi connectivity index (χ1) is 14.2. The van der Waals surface area contributed by atoms with E-state index in [0.717, 1.165) is 37.0 Å². The number of thiazole rings is 1. The molecule has 150 valence electrons. The molecular formula is C23H24N2O3S. The number of rotatable bonds is 10. The minimum Gasteiger partial charge on any atom is -0.464 e. The zero-order valence-corrected chi connectivity index (χ0v) is 17.3. The van der Waals surface area contributed by atoms with Crippen molar-refractivity contribution in [2.24, 2.45) is 0 Å². The second-order valence-electron chi connectivity index (χ2n) is 6.75. The number of aromatic nitrogens is 2. The van der Waals surface area contributed by atoms with Gasteiger partial charge in [0.15, 0.2) is 10.8 Å². The van der Waals surface area contributed by atoms with E-state index in [9.17, 15) is 9.59 Å². The zero-order chi connectivity index (χ0) is 20.5. The Morgan fingerprint density at radius 2 is 1.76 bits per heavy atom. The van der Waals surface area contributed by atoms with Gasteiger partial charge >= 0.3 is 5.97 Å². The van der Waals surface area contributed by atoms with E-state index in [0.29, 0.717) is 17.1 Å². The molecule has 0 saturated heterocycles. The summed E-state index contributed by atoms with van der Waals surface area (Å²) in [5.74, 6) is -0.423. The Labute approximate surface area is 174 Å². The van der Waals surface area contributed by atoms with Crippen molar-refractivity contribution in [1.82, 2.24) is 9.97 Å². The highest BCUT2D eigenvalue weighted by Crippen LogP contribution is 2.26. The molecule has 0 fully saturated rings. The zero-order valence-electron chi connectivity index (χ0n) is 16.5. The third kappa shape index (κ3) is 6.06. The molecule has 0 N–H and O–H groups in total. The summed E-state index contributed by atoms with van der Waals surface area (Å²) in [6.07, 6.45) is 7.41. The minimum absolute atomic E-state index is 0.0634. The van der Waals surface area contributed by atoms with Crippen molar-refractivity contribution in [3.05, 3.63) is 71.0 Å². The normalized spacial score (nSPS) is 10.7. The molecule has 0 spiro atoms. The van der Waals surface area contributed by atoms with Crippen molar-refractivity contribution < 1.29 is 14.3 Å².